The van der Waals surface area contributed by atoms with Crippen molar-refractivity contribution in [2.24, 2.45) is 5.73 Å². The number of piperidine rings is 1. The lowest BCUT2D eigenvalue weighted by Crippen LogP contribution is -2.44. The minimum atomic E-state index is 0.245. The standard InChI is InChI=1S/C17H27BrN2O/c1-3-6-14-7-4-5-10-20(14)16(12-19)15-11-13(18)8-9-17(15)21-2/h8-9,11,14,16H,3-7,10,12,19H2,1-2H3. The van der Waals surface area contributed by atoms with Crippen LogP contribution >= 0.6 is 15.9 Å². The van der Waals surface area contributed by atoms with Crippen molar-refractivity contribution in [3.8, 4) is 5.75 Å². The second kappa shape index (κ2) is 8.16. The van der Waals surface area contributed by atoms with Gasteiger partial charge in [0.15, 0.2) is 0 Å². The molecule has 3 nitrogen and oxygen atoms in total. The minimum Gasteiger partial charge on any atom is -0.496 e. The van der Waals surface area contributed by atoms with Gasteiger partial charge in [-0.25, -0.2) is 0 Å². The molecule has 2 N–H and O–H groups in total. The van der Waals surface area contributed by atoms with Gasteiger partial charge in [-0.05, 0) is 44.0 Å². The molecule has 1 aliphatic heterocycles. The molecule has 21 heavy (non-hydrogen) atoms. The van der Waals surface area contributed by atoms with E-state index in [1.54, 1.807) is 7.11 Å². The lowest BCUT2D eigenvalue weighted by atomic mass is 9.93. The summed E-state index contributed by atoms with van der Waals surface area (Å²) in [4.78, 5) is 2.61. The summed E-state index contributed by atoms with van der Waals surface area (Å²) in [5, 5.41) is 0. The van der Waals surface area contributed by atoms with E-state index in [0.29, 0.717) is 12.6 Å². The highest BCUT2D eigenvalue weighted by Gasteiger charge is 2.30. The first-order valence-electron chi connectivity index (χ1n) is 8.00. The molecule has 0 aliphatic carbocycles. The fourth-order valence-electron chi connectivity index (χ4n) is 3.48. The molecule has 2 unspecified atom stereocenters. The summed E-state index contributed by atoms with van der Waals surface area (Å²) in [6.07, 6.45) is 6.39. The zero-order valence-electron chi connectivity index (χ0n) is 13.1. The van der Waals surface area contributed by atoms with Crippen LogP contribution in [0, 0.1) is 0 Å². The molecule has 1 saturated heterocycles. The topological polar surface area (TPSA) is 38.5 Å². The third-order valence-electron chi connectivity index (χ3n) is 4.47. The zero-order chi connectivity index (χ0) is 15.2. The Hall–Kier alpha value is -0.580. The number of benzene rings is 1. The van der Waals surface area contributed by atoms with Gasteiger partial charge in [0.1, 0.15) is 5.75 Å². The van der Waals surface area contributed by atoms with Gasteiger partial charge in [0.05, 0.1) is 13.2 Å². The molecule has 1 heterocycles. The van der Waals surface area contributed by atoms with E-state index in [-0.39, 0.29) is 6.04 Å². The third kappa shape index (κ3) is 3.99. The van der Waals surface area contributed by atoms with E-state index < -0.39 is 0 Å². The average Bonchev–Trinajstić information content (AvgIpc) is 2.50. The number of hydrogen-bond donors (Lipinski definition) is 1. The van der Waals surface area contributed by atoms with Crippen LogP contribution in [0.25, 0.3) is 0 Å². The van der Waals surface area contributed by atoms with E-state index in [1.165, 1.54) is 37.7 Å². The summed E-state index contributed by atoms with van der Waals surface area (Å²) in [6.45, 7) is 4.04. The Morgan fingerprint density at radius 2 is 2.24 bits per heavy atom. The molecule has 0 bridgehead atoms. The Morgan fingerprint density at radius 1 is 1.43 bits per heavy atom. The van der Waals surface area contributed by atoms with E-state index in [1.807, 2.05) is 12.1 Å². The number of hydrogen-bond acceptors (Lipinski definition) is 3. The molecule has 2 atom stereocenters. The Balaban J connectivity index is 2.31. The molecule has 1 aromatic carbocycles. The van der Waals surface area contributed by atoms with Gasteiger partial charge in [0.2, 0.25) is 0 Å². The third-order valence-corrected chi connectivity index (χ3v) is 4.96. The van der Waals surface area contributed by atoms with Gasteiger partial charge in [-0.3, -0.25) is 4.90 Å². The number of nitrogens with two attached hydrogens (primary N) is 1. The molecule has 1 fully saturated rings. The van der Waals surface area contributed by atoms with Gasteiger partial charge >= 0.3 is 0 Å². The van der Waals surface area contributed by atoms with Crippen LogP contribution in [-0.4, -0.2) is 31.1 Å². The van der Waals surface area contributed by atoms with Crippen LogP contribution in [0.15, 0.2) is 22.7 Å². The Labute approximate surface area is 137 Å². The van der Waals surface area contributed by atoms with Crippen molar-refractivity contribution in [3.63, 3.8) is 0 Å². The van der Waals surface area contributed by atoms with Crippen molar-refractivity contribution < 1.29 is 4.74 Å². The van der Waals surface area contributed by atoms with Gasteiger partial charge in [-0.15, -0.1) is 0 Å². The Kier molecular flexibility index (Phi) is 6.52. The van der Waals surface area contributed by atoms with Gasteiger partial charge in [0.25, 0.3) is 0 Å². The van der Waals surface area contributed by atoms with E-state index in [0.717, 1.165) is 16.8 Å². The number of likely N-dealkylation sites (tertiary alicyclic amines) is 1. The van der Waals surface area contributed by atoms with Crippen molar-refractivity contribution in [1.82, 2.24) is 4.90 Å². The summed E-state index contributed by atoms with van der Waals surface area (Å²) in [6, 6.07) is 7.11. The van der Waals surface area contributed by atoms with Crippen LogP contribution in [-0.2, 0) is 0 Å². The highest BCUT2D eigenvalue weighted by molar-refractivity contribution is 9.10. The molecule has 2 rings (SSSR count). The molecular weight excluding hydrogens is 328 g/mol. The van der Waals surface area contributed by atoms with Crippen LogP contribution in [0.5, 0.6) is 5.75 Å². The second-order valence-corrected chi connectivity index (χ2v) is 6.73. The molecule has 0 aromatic heterocycles. The highest BCUT2D eigenvalue weighted by Crippen LogP contribution is 2.35. The molecular formula is C17H27BrN2O. The normalized spacial score (nSPS) is 21.2. The van der Waals surface area contributed by atoms with Crippen LogP contribution in [0.3, 0.4) is 0 Å². The van der Waals surface area contributed by atoms with Crippen molar-refractivity contribution in [2.45, 2.75) is 51.1 Å². The van der Waals surface area contributed by atoms with Gasteiger partial charge < -0.3 is 10.5 Å². The van der Waals surface area contributed by atoms with E-state index >= 15 is 0 Å². The molecule has 0 radical (unpaired) electrons. The lowest BCUT2D eigenvalue weighted by molar-refractivity contribution is 0.0899. The predicted molar refractivity (Wildman–Crippen MR) is 91.7 cm³/mol. The van der Waals surface area contributed by atoms with Crippen molar-refractivity contribution in [2.75, 3.05) is 20.2 Å². The maximum atomic E-state index is 6.16. The van der Waals surface area contributed by atoms with Crippen LogP contribution in [0.2, 0.25) is 0 Å². The smallest absolute Gasteiger partial charge is 0.123 e. The molecule has 4 heteroatoms. The van der Waals surface area contributed by atoms with E-state index in [9.17, 15) is 0 Å². The fourth-order valence-corrected chi connectivity index (χ4v) is 3.86. The van der Waals surface area contributed by atoms with Gasteiger partial charge in [-0.1, -0.05) is 35.7 Å². The summed E-state index contributed by atoms with van der Waals surface area (Å²) >= 11 is 3.58. The van der Waals surface area contributed by atoms with Crippen LogP contribution < -0.4 is 10.5 Å². The maximum absolute atomic E-state index is 6.16. The van der Waals surface area contributed by atoms with E-state index in [4.69, 9.17) is 10.5 Å². The highest BCUT2D eigenvalue weighted by atomic mass is 79.9. The molecule has 118 valence electrons. The molecule has 0 spiro atoms. The lowest BCUT2D eigenvalue weighted by Gasteiger charge is -2.41. The van der Waals surface area contributed by atoms with Crippen LogP contribution in [0.4, 0.5) is 0 Å². The Bertz CT molecular complexity index is 450. The van der Waals surface area contributed by atoms with Crippen molar-refractivity contribution in [1.29, 1.82) is 0 Å². The summed E-state index contributed by atoms with van der Waals surface area (Å²) in [5.41, 5.74) is 7.36. The molecule has 1 aromatic rings. The summed E-state index contributed by atoms with van der Waals surface area (Å²) in [5.74, 6) is 0.939. The Morgan fingerprint density at radius 3 is 2.90 bits per heavy atom. The quantitative estimate of drug-likeness (QED) is 0.835. The number of nitrogens with zero attached hydrogens (tertiary/aromatic N) is 1. The fraction of sp³-hybridized carbons (Fsp3) is 0.647. The first-order chi connectivity index (χ1) is 10.2. The number of methoxy groups -OCH3 is 1. The number of ether oxygens (including phenoxy) is 1. The summed E-state index contributed by atoms with van der Waals surface area (Å²) < 4.78 is 6.65. The second-order valence-electron chi connectivity index (χ2n) is 5.81. The predicted octanol–water partition coefficient (Wildman–Crippen LogP) is 4.11. The first kappa shape index (κ1) is 16.8. The number of halogens is 1. The van der Waals surface area contributed by atoms with Gasteiger partial charge in [0, 0.05) is 22.6 Å². The zero-order valence-corrected chi connectivity index (χ0v) is 14.7. The molecule has 0 amide bonds. The van der Waals surface area contributed by atoms with Crippen LogP contribution in [0.1, 0.15) is 50.6 Å². The molecule has 1 aliphatic rings. The van der Waals surface area contributed by atoms with Crippen molar-refractivity contribution >= 4 is 15.9 Å². The van der Waals surface area contributed by atoms with Gasteiger partial charge in [-0.2, -0.15) is 0 Å². The SMILES string of the molecule is CCCC1CCCCN1C(CN)c1cc(Br)ccc1OC. The monoisotopic (exact) mass is 354 g/mol. The average molecular weight is 355 g/mol. The minimum absolute atomic E-state index is 0.245. The van der Waals surface area contributed by atoms with Crippen molar-refractivity contribution in [3.05, 3.63) is 28.2 Å². The largest absolute Gasteiger partial charge is 0.496 e. The summed E-state index contributed by atoms with van der Waals surface area (Å²) in [7, 11) is 1.74. The number of rotatable bonds is 6. The van der Waals surface area contributed by atoms with E-state index in [2.05, 4.69) is 33.8 Å². The first-order valence-corrected chi connectivity index (χ1v) is 8.79. The molecule has 0 saturated carbocycles. The maximum Gasteiger partial charge on any atom is 0.123 e.